The standard InChI is InChI=1S/C22H38N4O2/c1-5-23-22(25-16-19-10-8-14-26(3)17-19)24-13-7-9-18-11-12-20(27-4)21(15-18)28-6-2/h11-12,15,19H,5-10,13-14,16-17H2,1-4H3,(H2,23,24,25). The molecule has 0 bridgehead atoms. The largest absolute Gasteiger partial charge is 0.493 e. The van der Waals surface area contributed by atoms with Crippen LogP contribution >= 0.6 is 0 Å². The molecule has 0 saturated carbocycles. The Morgan fingerprint density at radius 3 is 2.82 bits per heavy atom. The van der Waals surface area contributed by atoms with Crippen molar-refractivity contribution in [3.8, 4) is 11.5 Å². The summed E-state index contributed by atoms with van der Waals surface area (Å²) < 4.78 is 11.0. The molecule has 1 fully saturated rings. The number of ether oxygens (including phenoxy) is 2. The van der Waals surface area contributed by atoms with E-state index in [0.717, 1.165) is 56.5 Å². The van der Waals surface area contributed by atoms with Crippen molar-refractivity contribution >= 4 is 5.96 Å². The van der Waals surface area contributed by atoms with Gasteiger partial charge < -0.3 is 25.0 Å². The van der Waals surface area contributed by atoms with Crippen LogP contribution in [0.25, 0.3) is 0 Å². The summed E-state index contributed by atoms with van der Waals surface area (Å²) in [4.78, 5) is 7.22. The number of aryl methyl sites for hydroxylation is 1. The Hall–Kier alpha value is -1.95. The SMILES string of the molecule is CCNC(=NCC1CCCN(C)C1)NCCCc1ccc(OC)c(OCC)c1. The summed E-state index contributed by atoms with van der Waals surface area (Å²) in [5.41, 5.74) is 1.26. The molecule has 28 heavy (non-hydrogen) atoms. The Morgan fingerprint density at radius 2 is 2.11 bits per heavy atom. The Morgan fingerprint density at radius 1 is 1.25 bits per heavy atom. The van der Waals surface area contributed by atoms with Gasteiger partial charge in [-0.3, -0.25) is 4.99 Å². The minimum Gasteiger partial charge on any atom is -0.493 e. The average molecular weight is 391 g/mol. The molecule has 1 heterocycles. The highest BCUT2D eigenvalue weighted by Crippen LogP contribution is 2.28. The van der Waals surface area contributed by atoms with Crippen LogP contribution in [0.3, 0.4) is 0 Å². The number of guanidine groups is 1. The molecule has 6 heteroatoms. The van der Waals surface area contributed by atoms with E-state index in [1.807, 2.05) is 13.0 Å². The molecule has 0 radical (unpaired) electrons. The van der Waals surface area contributed by atoms with Gasteiger partial charge in [0.25, 0.3) is 0 Å². The van der Waals surface area contributed by atoms with Crippen molar-refractivity contribution in [3.05, 3.63) is 23.8 Å². The normalized spacial score (nSPS) is 18.0. The van der Waals surface area contributed by atoms with Crippen LogP contribution in [0.2, 0.25) is 0 Å². The molecule has 0 aromatic heterocycles. The van der Waals surface area contributed by atoms with Crippen LogP contribution in [-0.2, 0) is 6.42 Å². The summed E-state index contributed by atoms with van der Waals surface area (Å²) in [6.07, 6.45) is 4.59. The summed E-state index contributed by atoms with van der Waals surface area (Å²) >= 11 is 0. The fraction of sp³-hybridized carbons (Fsp3) is 0.682. The maximum atomic E-state index is 5.67. The number of nitrogens with one attached hydrogen (secondary N) is 2. The van der Waals surface area contributed by atoms with Crippen LogP contribution in [0.4, 0.5) is 0 Å². The zero-order valence-electron chi connectivity index (χ0n) is 18.1. The molecule has 1 aromatic carbocycles. The van der Waals surface area contributed by atoms with Gasteiger partial charge in [0.1, 0.15) is 0 Å². The van der Waals surface area contributed by atoms with E-state index in [4.69, 9.17) is 14.5 Å². The van der Waals surface area contributed by atoms with E-state index in [0.29, 0.717) is 12.5 Å². The lowest BCUT2D eigenvalue weighted by molar-refractivity contribution is 0.214. The van der Waals surface area contributed by atoms with Crippen molar-refractivity contribution in [3.63, 3.8) is 0 Å². The minimum absolute atomic E-state index is 0.640. The first kappa shape index (κ1) is 22.3. The maximum absolute atomic E-state index is 5.67. The second-order valence-corrected chi connectivity index (χ2v) is 7.44. The number of hydrogen-bond donors (Lipinski definition) is 2. The highest BCUT2D eigenvalue weighted by molar-refractivity contribution is 5.79. The molecule has 1 unspecified atom stereocenters. The molecule has 0 aliphatic carbocycles. The molecule has 0 amide bonds. The van der Waals surface area contributed by atoms with Gasteiger partial charge in [0, 0.05) is 26.2 Å². The van der Waals surface area contributed by atoms with Gasteiger partial charge in [-0.05, 0) is 76.7 Å². The molecule has 1 aliphatic heterocycles. The third-order valence-electron chi connectivity index (χ3n) is 5.04. The van der Waals surface area contributed by atoms with E-state index in [2.05, 4.69) is 41.6 Å². The Kier molecular flexibility index (Phi) is 9.97. The zero-order valence-corrected chi connectivity index (χ0v) is 18.1. The Bertz CT molecular complexity index is 606. The first-order valence-corrected chi connectivity index (χ1v) is 10.7. The number of nitrogens with zero attached hydrogens (tertiary/aromatic N) is 2. The first-order valence-electron chi connectivity index (χ1n) is 10.7. The van der Waals surface area contributed by atoms with Gasteiger partial charge in [0.15, 0.2) is 17.5 Å². The van der Waals surface area contributed by atoms with Crippen LogP contribution in [0, 0.1) is 5.92 Å². The van der Waals surface area contributed by atoms with Crippen molar-refractivity contribution in [2.75, 3.05) is 53.5 Å². The number of benzene rings is 1. The number of rotatable bonds is 10. The third-order valence-corrected chi connectivity index (χ3v) is 5.04. The third kappa shape index (κ3) is 7.58. The fourth-order valence-corrected chi connectivity index (χ4v) is 3.63. The van der Waals surface area contributed by atoms with Crippen molar-refractivity contribution in [1.82, 2.24) is 15.5 Å². The average Bonchev–Trinajstić information content (AvgIpc) is 2.70. The second kappa shape index (κ2) is 12.5. The smallest absolute Gasteiger partial charge is 0.191 e. The quantitative estimate of drug-likeness (QED) is 0.365. The molecule has 2 N–H and O–H groups in total. The lowest BCUT2D eigenvalue weighted by atomic mass is 9.99. The fourth-order valence-electron chi connectivity index (χ4n) is 3.63. The molecule has 1 saturated heterocycles. The van der Waals surface area contributed by atoms with Gasteiger partial charge in [-0.1, -0.05) is 6.07 Å². The molecule has 0 spiro atoms. The van der Waals surface area contributed by atoms with E-state index in [1.165, 1.54) is 24.9 Å². The van der Waals surface area contributed by atoms with Crippen LogP contribution in [0.1, 0.15) is 38.7 Å². The van der Waals surface area contributed by atoms with Crippen LogP contribution in [0.5, 0.6) is 11.5 Å². The van der Waals surface area contributed by atoms with E-state index in [-0.39, 0.29) is 0 Å². The van der Waals surface area contributed by atoms with Crippen molar-refractivity contribution < 1.29 is 9.47 Å². The molecular formula is C22H38N4O2. The van der Waals surface area contributed by atoms with Crippen LogP contribution < -0.4 is 20.1 Å². The molecule has 2 rings (SSSR count). The van der Waals surface area contributed by atoms with Gasteiger partial charge in [0.05, 0.1) is 13.7 Å². The monoisotopic (exact) mass is 390 g/mol. The Balaban J connectivity index is 1.79. The van der Waals surface area contributed by atoms with Crippen molar-refractivity contribution in [2.24, 2.45) is 10.9 Å². The molecule has 1 aromatic rings. The number of aliphatic imine (C=N–C) groups is 1. The van der Waals surface area contributed by atoms with Gasteiger partial charge in [-0.15, -0.1) is 0 Å². The highest BCUT2D eigenvalue weighted by atomic mass is 16.5. The van der Waals surface area contributed by atoms with Gasteiger partial charge in [0.2, 0.25) is 0 Å². The molecule has 158 valence electrons. The maximum Gasteiger partial charge on any atom is 0.191 e. The number of likely N-dealkylation sites (tertiary alicyclic amines) is 1. The molecule has 1 aliphatic rings. The topological polar surface area (TPSA) is 58.1 Å². The highest BCUT2D eigenvalue weighted by Gasteiger charge is 2.16. The van der Waals surface area contributed by atoms with E-state index >= 15 is 0 Å². The summed E-state index contributed by atoms with van der Waals surface area (Å²) in [5, 5.41) is 6.84. The van der Waals surface area contributed by atoms with E-state index in [1.54, 1.807) is 7.11 Å². The molecular weight excluding hydrogens is 352 g/mol. The van der Waals surface area contributed by atoms with Crippen molar-refractivity contribution in [2.45, 2.75) is 39.5 Å². The molecule has 1 atom stereocenters. The summed E-state index contributed by atoms with van der Waals surface area (Å²) in [6, 6.07) is 6.18. The minimum atomic E-state index is 0.640. The van der Waals surface area contributed by atoms with Gasteiger partial charge in [-0.2, -0.15) is 0 Å². The summed E-state index contributed by atoms with van der Waals surface area (Å²) in [6.45, 7) is 9.79. The predicted octanol–water partition coefficient (Wildman–Crippen LogP) is 2.92. The van der Waals surface area contributed by atoms with Crippen LogP contribution in [0.15, 0.2) is 23.2 Å². The Labute approximate surface area is 170 Å². The van der Waals surface area contributed by atoms with E-state index in [9.17, 15) is 0 Å². The number of methoxy groups -OCH3 is 1. The lowest BCUT2D eigenvalue weighted by Gasteiger charge is -2.28. The van der Waals surface area contributed by atoms with Gasteiger partial charge in [-0.25, -0.2) is 0 Å². The number of piperidine rings is 1. The first-order chi connectivity index (χ1) is 13.7. The number of hydrogen-bond acceptors (Lipinski definition) is 4. The van der Waals surface area contributed by atoms with Crippen LogP contribution in [-0.4, -0.2) is 64.3 Å². The lowest BCUT2D eigenvalue weighted by Crippen LogP contribution is -2.39. The van der Waals surface area contributed by atoms with E-state index < -0.39 is 0 Å². The van der Waals surface area contributed by atoms with Gasteiger partial charge >= 0.3 is 0 Å². The molecule has 6 nitrogen and oxygen atoms in total. The second-order valence-electron chi connectivity index (χ2n) is 7.44. The van der Waals surface area contributed by atoms with Crippen molar-refractivity contribution in [1.29, 1.82) is 0 Å². The summed E-state index contributed by atoms with van der Waals surface area (Å²) in [7, 11) is 3.88. The zero-order chi connectivity index (χ0) is 20.2. The summed E-state index contributed by atoms with van der Waals surface area (Å²) in [5.74, 6) is 3.22. The predicted molar refractivity (Wildman–Crippen MR) is 117 cm³/mol.